The molecular weight excluding hydrogens is 388 g/mol. The van der Waals surface area contributed by atoms with Gasteiger partial charge in [-0.05, 0) is 66.1 Å². The highest BCUT2D eigenvalue weighted by molar-refractivity contribution is 6.02. The van der Waals surface area contributed by atoms with Crippen molar-refractivity contribution in [3.63, 3.8) is 0 Å². The Kier molecular flexibility index (Phi) is 6.08. The number of amides is 1. The highest BCUT2D eigenvalue weighted by Gasteiger charge is 2.12. The first kappa shape index (κ1) is 20.3. The SMILES string of the molecule is CCOc1ccc(C(CC)=NNC(=O)c2cc(-c3ccc4ccccc4c3)n[nH]2)cc1. The molecule has 4 aromatic rings. The number of hydrazone groups is 1. The lowest BCUT2D eigenvalue weighted by atomic mass is 10.1. The minimum atomic E-state index is -0.337. The van der Waals surface area contributed by atoms with Crippen LogP contribution in [0.15, 0.2) is 77.9 Å². The van der Waals surface area contributed by atoms with Crippen LogP contribution in [0.2, 0.25) is 0 Å². The largest absolute Gasteiger partial charge is 0.494 e. The molecule has 6 nitrogen and oxygen atoms in total. The molecule has 0 aliphatic heterocycles. The second-order valence-electron chi connectivity index (χ2n) is 7.04. The number of benzene rings is 3. The molecule has 0 saturated carbocycles. The highest BCUT2D eigenvalue weighted by Crippen LogP contribution is 2.23. The first-order valence-electron chi connectivity index (χ1n) is 10.3. The zero-order valence-electron chi connectivity index (χ0n) is 17.6. The molecule has 0 aliphatic carbocycles. The Hall–Kier alpha value is -3.93. The Bertz CT molecular complexity index is 1230. The van der Waals surface area contributed by atoms with Crippen LogP contribution in [0.3, 0.4) is 0 Å². The molecular formula is C25H24N4O2. The van der Waals surface area contributed by atoms with Gasteiger partial charge >= 0.3 is 0 Å². The highest BCUT2D eigenvalue weighted by atomic mass is 16.5. The summed E-state index contributed by atoms with van der Waals surface area (Å²) >= 11 is 0. The van der Waals surface area contributed by atoms with E-state index in [9.17, 15) is 4.79 Å². The number of H-pyrrole nitrogens is 1. The second-order valence-corrected chi connectivity index (χ2v) is 7.04. The zero-order valence-corrected chi connectivity index (χ0v) is 17.6. The number of aromatic nitrogens is 2. The summed E-state index contributed by atoms with van der Waals surface area (Å²) in [5.41, 5.74) is 6.36. The van der Waals surface area contributed by atoms with Crippen LogP contribution in [0.4, 0.5) is 0 Å². The van der Waals surface area contributed by atoms with Crippen molar-refractivity contribution in [2.24, 2.45) is 5.10 Å². The molecule has 3 aromatic carbocycles. The average molecular weight is 412 g/mol. The summed E-state index contributed by atoms with van der Waals surface area (Å²) in [6.45, 7) is 4.56. The summed E-state index contributed by atoms with van der Waals surface area (Å²) in [5, 5.41) is 13.7. The molecule has 0 unspecified atom stereocenters. The van der Waals surface area contributed by atoms with E-state index in [1.807, 2.05) is 62.4 Å². The van der Waals surface area contributed by atoms with E-state index in [-0.39, 0.29) is 5.91 Å². The maximum Gasteiger partial charge on any atom is 0.289 e. The third-order valence-corrected chi connectivity index (χ3v) is 4.99. The predicted molar refractivity (Wildman–Crippen MR) is 123 cm³/mol. The van der Waals surface area contributed by atoms with Gasteiger partial charge in [0.1, 0.15) is 11.4 Å². The van der Waals surface area contributed by atoms with Crippen molar-refractivity contribution in [2.45, 2.75) is 20.3 Å². The van der Waals surface area contributed by atoms with Gasteiger partial charge in [-0.1, -0.05) is 43.3 Å². The van der Waals surface area contributed by atoms with Crippen LogP contribution in [-0.2, 0) is 0 Å². The van der Waals surface area contributed by atoms with Gasteiger partial charge in [0.2, 0.25) is 0 Å². The topological polar surface area (TPSA) is 79.4 Å². The van der Waals surface area contributed by atoms with Gasteiger partial charge in [-0.2, -0.15) is 10.2 Å². The Morgan fingerprint density at radius 2 is 1.77 bits per heavy atom. The molecule has 0 radical (unpaired) electrons. The molecule has 1 heterocycles. The van der Waals surface area contributed by atoms with Crippen LogP contribution in [0.25, 0.3) is 22.0 Å². The van der Waals surface area contributed by atoms with E-state index in [4.69, 9.17) is 4.74 Å². The van der Waals surface area contributed by atoms with Gasteiger partial charge in [0, 0.05) is 5.56 Å². The maximum atomic E-state index is 12.6. The third-order valence-electron chi connectivity index (χ3n) is 4.99. The monoisotopic (exact) mass is 412 g/mol. The smallest absolute Gasteiger partial charge is 0.289 e. The molecule has 0 fully saturated rings. The van der Waals surface area contributed by atoms with E-state index in [2.05, 4.69) is 38.9 Å². The molecule has 1 aromatic heterocycles. The molecule has 0 bridgehead atoms. The van der Waals surface area contributed by atoms with Gasteiger partial charge in [0.15, 0.2) is 0 Å². The summed E-state index contributed by atoms with van der Waals surface area (Å²) in [6, 6.07) is 23.7. The molecule has 2 N–H and O–H groups in total. The van der Waals surface area contributed by atoms with Gasteiger partial charge in [-0.3, -0.25) is 9.89 Å². The number of nitrogens with zero attached hydrogens (tertiary/aromatic N) is 2. The van der Waals surface area contributed by atoms with E-state index in [0.717, 1.165) is 33.4 Å². The number of carbonyl (C=O) groups is 1. The number of aromatic amines is 1. The third kappa shape index (κ3) is 4.64. The number of rotatable bonds is 7. The lowest BCUT2D eigenvalue weighted by Crippen LogP contribution is -2.20. The Morgan fingerprint density at radius 1 is 1.00 bits per heavy atom. The Balaban J connectivity index is 1.48. The van der Waals surface area contributed by atoms with Crippen molar-refractivity contribution in [2.75, 3.05) is 6.61 Å². The fourth-order valence-electron chi connectivity index (χ4n) is 3.37. The molecule has 0 aliphatic rings. The summed E-state index contributed by atoms with van der Waals surface area (Å²) in [6.07, 6.45) is 0.680. The normalized spacial score (nSPS) is 11.5. The first-order chi connectivity index (χ1) is 15.2. The van der Waals surface area contributed by atoms with Crippen molar-refractivity contribution in [3.8, 4) is 17.0 Å². The van der Waals surface area contributed by atoms with Crippen molar-refractivity contribution < 1.29 is 9.53 Å². The first-order valence-corrected chi connectivity index (χ1v) is 10.3. The molecule has 1 amide bonds. The number of carbonyl (C=O) groups excluding carboxylic acids is 1. The van der Waals surface area contributed by atoms with E-state index in [0.29, 0.717) is 24.4 Å². The van der Waals surface area contributed by atoms with Crippen molar-refractivity contribution in [1.82, 2.24) is 15.6 Å². The molecule has 156 valence electrons. The van der Waals surface area contributed by atoms with Crippen LogP contribution < -0.4 is 10.2 Å². The number of hydrogen-bond acceptors (Lipinski definition) is 4. The van der Waals surface area contributed by atoms with Crippen LogP contribution in [0.5, 0.6) is 5.75 Å². The van der Waals surface area contributed by atoms with Crippen LogP contribution in [-0.4, -0.2) is 28.4 Å². The molecule has 0 saturated heterocycles. The van der Waals surface area contributed by atoms with Crippen molar-refractivity contribution in [1.29, 1.82) is 0 Å². The molecule has 6 heteroatoms. The maximum absolute atomic E-state index is 12.6. The molecule has 31 heavy (non-hydrogen) atoms. The van der Waals surface area contributed by atoms with E-state index < -0.39 is 0 Å². The van der Waals surface area contributed by atoms with Gasteiger partial charge in [0.05, 0.1) is 18.0 Å². The molecule has 4 rings (SSSR count). The lowest BCUT2D eigenvalue weighted by molar-refractivity contribution is 0.0950. The summed E-state index contributed by atoms with van der Waals surface area (Å²) in [5.74, 6) is 0.473. The minimum Gasteiger partial charge on any atom is -0.494 e. The zero-order chi connectivity index (χ0) is 21.6. The standard InChI is InChI=1S/C25H24N4O2/c1-3-22(18-11-13-21(14-12-18)31-4-2)26-29-25(30)24-16-23(27-28-24)20-10-9-17-7-5-6-8-19(17)15-20/h5-16H,3-4H2,1-2H3,(H,27,28)(H,29,30). The van der Waals surface area contributed by atoms with Gasteiger partial charge < -0.3 is 4.74 Å². The number of fused-ring (bicyclic) bond motifs is 1. The summed E-state index contributed by atoms with van der Waals surface area (Å²) in [7, 11) is 0. The quantitative estimate of drug-likeness (QED) is 0.324. The van der Waals surface area contributed by atoms with E-state index in [1.165, 1.54) is 0 Å². The van der Waals surface area contributed by atoms with E-state index in [1.54, 1.807) is 6.07 Å². The predicted octanol–water partition coefficient (Wildman–Crippen LogP) is 5.17. The van der Waals surface area contributed by atoms with Crippen molar-refractivity contribution in [3.05, 3.63) is 84.1 Å². The Morgan fingerprint density at radius 3 is 2.52 bits per heavy atom. The average Bonchev–Trinajstić information content (AvgIpc) is 3.31. The number of nitrogens with one attached hydrogen (secondary N) is 2. The fraction of sp³-hybridized carbons (Fsp3) is 0.160. The summed E-state index contributed by atoms with van der Waals surface area (Å²) < 4.78 is 5.47. The fourth-order valence-corrected chi connectivity index (χ4v) is 3.37. The second kappa shape index (κ2) is 9.26. The number of hydrogen-bond donors (Lipinski definition) is 2. The molecule has 0 spiro atoms. The van der Waals surface area contributed by atoms with Gasteiger partial charge in [-0.25, -0.2) is 5.43 Å². The summed E-state index contributed by atoms with van der Waals surface area (Å²) in [4.78, 5) is 12.6. The lowest BCUT2D eigenvalue weighted by Gasteiger charge is -2.07. The Labute approximate surface area is 181 Å². The van der Waals surface area contributed by atoms with Gasteiger partial charge in [-0.15, -0.1) is 0 Å². The molecule has 0 atom stereocenters. The van der Waals surface area contributed by atoms with Crippen molar-refractivity contribution >= 4 is 22.4 Å². The van der Waals surface area contributed by atoms with Crippen LogP contribution >= 0.6 is 0 Å². The van der Waals surface area contributed by atoms with Crippen LogP contribution in [0.1, 0.15) is 36.3 Å². The van der Waals surface area contributed by atoms with Gasteiger partial charge in [0.25, 0.3) is 5.91 Å². The minimum absolute atomic E-state index is 0.337. The van der Waals surface area contributed by atoms with Crippen LogP contribution in [0, 0.1) is 0 Å². The number of ether oxygens (including phenoxy) is 1. The van der Waals surface area contributed by atoms with E-state index >= 15 is 0 Å².